The van der Waals surface area contributed by atoms with Crippen LogP contribution in [0.25, 0.3) is 0 Å². The molecular formula is C16H26Cl2N2O2. The molecule has 0 heterocycles. The number of halogens is 2. The fourth-order valence-electron chi connectivity index (χ4n) is 1.71. The van der Waals surface area contributed by atoms with Gasteiger partial charge in [0, 0.05) is 0 Å². The molecule has 0 aliphatic heterocycles. The lowest BCUT2D eigenvalue weighted by Gasteiger charge is -2.27. The number of rotatable bonds is 6. The molecule has 2 atom stereocenters. The molecule has 0 radical (unpaired) electrons. The Kier molecular flexibility index (Phi) is 8.83. The van der Waals surface area contributed by atoms with E-state index in [1.54, 1.807) is 6.07 Å². The Bertz CT molecular complexity index is 475. The van der Waals surface area contributed by atoms with E-state index >= 15 is 0 Å². The van der Waals surface area contributed by atoms with Gasteiger partial charge in [0.2, 0.25) is 5.91 Å². The summed E-state index contributed by atoms with van der Waals surface area (Å²) in [6.45, 7) is 8.22. The summed E-state index contributed by atoms with van der Waals surface area (Å²) in [5.41, 5.74) is 5.66. The highest BCUT2D eigenvalue weighted by Gasteiger charge is 2.27. The zero-order chi connectivity index (χ0) is 16.0. The monoisotopic (exact) mass is 348 g/mol. The van der Waals surface area contributed by atoms with Gasteiger partial charge in [0.05, 0.1) is 17.6 Å². The lowest BCUT2D eigenvalue weighted by Crippen LogP contribution is -2.50. The molecule has 1 aromatic carbocycles. The van der Waals surface area contributed by atoms with Gasteiger partial charge in [-0.3, -0.25) is 4.79 Å². The van der Waals surface area contributed by atoms with Gasteiger partial charge in [-0.25, -0.2) is 0 Å². The van der Waals surface area contributed by atoms with E-state index in [0.717, 1.165) is 6.42 Å². The number of ether oxygens (including phenoxy) is 1. The molecule has 0 saturated carbocycles. The van der Waals surface area contributed by atoms with Crippen molar-refractivity contribution in [3.8, 4) is 5.75 Å². The minimum Gasteiger partial charge on any atom is -0.487 e. The van der Waals surface area contributed by atoms with Crippen LogP contribution < -0.4 is 15.8 Å². The van der Waals surface area contributed by atoms with Crippen LogP contribution in [0.15, 0.2) is 24.3 Å². The quantitative estimate of drug-likeness (QED) is 0.827. The van der Waals surface area contributed by atoms with Crippen LogP contribution in [0.3, 0.4) is 0 Å². The SMILES string of the molecule is CCC(CNC(=O)[C@@H](N)C(C)(C)C)Oc1ccccc1Cl.Cl. The van der Waals surface area contributed by atoms with Crippen molar-refractivity contribution in [2.24, 2.45) is 11.1 Å². The molecule has 0 aromatic heterocycles. The van der Waals surface area contributed by atoms with E-state index in [0.29, 0.717) is 17.3 Å². The van der Waals surface area contributed by atoms with E-state index in [4.69, 9.17) is 22.1 Å². The maximum atomic E-state index is 12.0. The fourth-order valence-corrected chi connectivity index (χ4v) is 1.89. The van der Waals surface area contributed by atoms with Crippen molar-refractivity contribution in [3.63, 3.8) is 0 Å². The van der Waals surface area contributed by atoms with Gasteiger partial charge in [-0.1, -0.05) is 51.4 Å². The molecule has 126 valence electrons. The lowest BCUT2D eigenvalue weighted by molar-refractivity contribution is -0.124. The zero-order valence-electron chi connectivity index (χ0n) is 13.6. The van der Waals surface area contributed by atoms with Crippen molar-refractivity contribution in [2.45, 2.75) is 46.3 Å². The first kappa shape index (κ1) is 21.0. The predicted molar refractivity (Wildman–Crippen MR) is 93.8 cm³/mol. The molecule has 1 aromatic rings. The highest BCUT2D eigenvalue weighted by Crippen LogP contribution is 2.24. The summed E-state index contributed by atoms with van der Waals surface area (Å²) < 4.78 is 5.82. The van der Waals surface area contributed by atoms with Crippen molar-refractivity contribution < 1.29 is 9.53 Å². The number of hydrogen-bond donors (Lipinski definition) is 2. The number of carbonyl (C=O) groups excluding carboxylic acids is 1. The van der Waals surface area contributed by atoms with Crippen LogP contribution in [0.4, 0.5) is 0 Å². The molecule has 1 rings (SSSR count). The van der Waals surface area contributed by atoms with Crippen LogP contribution in [0, 0.1) is 5.41 Å². The molecule has 0 aliphatic rings. The van der Waals surface area contributed by atoms with E-state index in [1.165, 1.54) is 0 Å². The van der Waals surface area contributed by atoms with Crippen molar-refractivity contribution in [2.75, 3.05) is 6.54 Å². The van der Waals surface area contributed by atoms with Crippen LogP contribution in [0.2, 0.25) is 5.02 Å². The number of benzene rings is 1. The second-order valence-corrected chi connectivity index (χ2v) is 6.57. The molecule has 4 nitrogen and oxygen atoms in total. The normalized spacial score (nSPS) is 13.7. The molecule has 1 unspecified atom stereocenters. The zero-order valence-corrected chi connectivity index (χ0v) is 15.1. The molecule has 0 fully saturated rings. The average Bonchev–Trinajstić information content (AvgIpc) is 2.43. The highest BCUT2D eigenvalue weighted by atomic mass is 35.5. The minimum atomic E-state index is -0.546. The summed E-state index contributed by atoms with van der Waals surface area (Å²) in [4.78, 5) is 12.0. The van der Waals surface area contributed by atoms with Crippen molar-refractivity contribution in [1.29, 1.82) is 0 Å². The van der Waals surface area contributed by atoms with E-state index < -0.39 is 6.04 Å². The Labute approximate surface area is 144 Å². The van der Waals surface area contributed by atoms with E-state index in [1.807, 2.05) is 45.9 Å². The molecule has 6 heteroatoms. The highest BCUT2D eigenvalue weighted by molar-refractivity contribution is 6.32. The topological polar surface area (TPSA) is 64.4 Å². The standard InChI is InChI=1S/C16H25ClN2O2.ClH/c1-5-11(21-13-9-7-6-8-12(13)17)10-19-15(20)14(18)16(2,3)4;/h6-9,11,14H,5,10,18H2,1-4H3,(H,19,20);1H/t11?,14-;/m1./s1. The molecular weight excluding hydrogens is 323 g/mol. The number of carbonyl (C=O) groups is 1. The third-order valence-corrected chi connectivity index (χ3v) is 3.62. The Morgan fingerprint density at radius 1 is 1.36 bits per heavy atom. The van der Waals surface area contributed by atoms with Gasteiger partial charge in [0.1, 0.15) is 11.9 Å². The number of amides is 1. The second kappa shape index (κ2) is 9.23. The molecule has 0 spiro atoms. The smallest absolute Gasteiger partial charge is 0.237 e. The molecule has 0 bridgehead atoms. The van der Waals surface area contributed by atoms with Crippen LogP contribution in [0.1, 0.15) is 34.1 Å². The first-order chi connectivity index (χ1) is 9.75. The summed E-state index contributed by atoms with van der Waals surface area (Å²) in [7, 11) is 0. The summed E-state index contributed by atoms with van der Waals surface area (Å²) >= 11 is 6.07. The molecule has 3 N–H and O–H groups in total. The average molecular weight is 349 g/mol. The third kappa shape index (κ3) is 6.42. The van der Waals surface area contributed by atoms with Crippen LogP contribution >= 0.6 is 24.0 Å². The predicted octanol–water partition coefficient (Wildman–Crippen LogP) is 3.41. The van der Waals surface area contributed by atoms with E-state index in [2.05, 4.69) is 5.32 Å². The van der Waals surface area contributed by atoms with Crippen molar-refractivity contribution in [1.82, 2.24) is 5.32 Å². The van der Waals surface area contributed by atoms with E-state index in [-0.39, 0.29) is 29.8 Å². The largest absolute Gasteiger partial charge is 0.487 e. The summed E-state index contributed by atoms with van der Waals surface area (Å²) in [6.07, 6.45) is 0.622. The minimum absolute atomic E-state index is 0. The van der Waals surface area contributed by atoms with Gasteiger partial charge in [0.15, 0.2) is 0 Å². The van der Waals surface area contributed by atoms with Crippen molar-refractivity contribution in [3.05, 3.63) is 29.3 Å². The van der Waals surface area contributed by atoms with Crippen molar-refractivity contribution >= 4 is 29.9 Å². The fraction of sp³-hybridized carbons (Fsp3) is 0.562. The molecule has 0 saturated heterocycles. The molecule has 1 amide bonds. The first-order valence-corrected chi connectivity index (χ1v) is 7.58. The summed E-state index contributed by atoms with van der Waals surface area (Å²) in [5, 5.41) is 3.41. The maximum absolute atomic E-state index is 12.0. The maximum Gasteiger partial charge on any atom is 0.237 e. The number of hydrogen-bond acceptors (Lipinski definition) is 3. The second-order valence-electron chi connectivity index (χ2n) is 6.17. The molecule has 22 heavy (non-hydrogen) atoms. The van der Waals surface area contributed by atoms with Gasteiger partial charge in [0.25, 0.3) is 0 Å². The van der Waals surface area contributed by atoms with Gasteiger partial charge in [-0.15, -0.1) is 12.4 Å². The van der Waals surface area contributed by atoms with E-state index in [9.17, 15) is 4.79 Å². The summed E-state index contributed by atoms with van der Waals surface area (Å²) in [6, 6.07) is 6.75. The Morgan fingerprint density at radius 2 is 1.95 bits per heavy atom. The lowest BCUT2D eigenvalue weighted by atomic mass is 9.87. The van der Waals surface area contributed by atoms with Gasteiger partial charge in [-0.05, 0) is 24.0 Å². The molecule has 0 aliphatic carbocycles. The Balaban J connectivity index is 0.00000441. The van der Waals surface area contributed by atoms with Gasteiger partial charge >= 0.3 is 0 Å². The Hall–Kier alpha value is -0.970. The first-order valence-electron chi connectivity index (χ1n) is 7.20. The number of para-hydroxylation sites is 1. The van der Waals surface area contributed by atoms with Crippen LogP contribution in [-0.2, 0) is 4.79 Å². The van der Waals surface area contributed by atoms with Crippen LogP contribution in [0.5, 0.6) is 5.75 Å². The third-order valence-electron chi connectivity index (χ3n) is 3.31. The summed E-state index contributed by atoms with van der Waals surface area (Å²) in [5.74, 6) is 0.462. The number of nitrogens with two attached hydrogens (primary N) is 1. The number of nitrogens with one attached hydrogen (secondary N) is 1. The Morgan fingerprint density at radius 3 is 2.45 bits per heavy atom. The van der Waals surface area contributed by atoms with Crippen LogP contribution in [-0.4, -0.2) is 24.6 Å². The van der Waals surface area contributed by atoms with Gasteiger partial charge in [-0.2, -0.15) is 0 Å². The van der Waals surface area contributed by atoms with Gasteiger partial charge < -0.3 is 15.8 Å².